The number of fused-ring (bicyclic) bond motifs is 1. The van der Waals surface area contributed by atoms with Gasteiger partial charge in [-0.25, -0.2) is 4.98 Å². The van der Waals surface area contributed by atoms with Crippen molar-refractivity contribution in [3.63, 3.8) is 0 Å². The molecule has 0 unspecified atom stereocenters. The Morgan fingerprint density at radius 2 is 1.90 bits per heavy atom. The van der Waals surface area contributed by atoms with Crippen LogP contribution in [0.1, 0.15) is 18.9 Å². The molecular weight excluding hydrogens is 386 g/mol. The third kappa shape index (κ3) is 5.92. The Balaban J connectivity index is 1.70. The summed E-state index contributed by atoms with van der Waals surface area (Å²) in [5.41, 5.74) is 1.60. The van der Waals surface area contributed by atoms with Crippen LogP contribution in [0.25, 0.3) is 10.9 Å². The molecule has 0 radical (unpaired) electrons. The minimum Gasteiger partial charge on any atom is -0.382 e. The number of carbonyl (C=O) groups excluding carboxylic acids is 1. The summed E-state index contributed by atoms with van der Waals surface area (Å²) in [5.74, 6) is 0.102. The number of aromatic nitrogens is 2. The van der Waals surface area contributed by atoms with Gasteiger partial charge in [-0.3, -0.25) is 14.2 Å². The zero-order valence-corrected chi connectivity index (χ0v) is 17.3. The molecule has 0 spiro atoms. The van der Waals surface area contributed by atoms with E-state index in [1.54, 1.807) is 10.6 Å². The van der Waals surface area contributed by atoms with Crippen molar-refractivity contribution in [3.8, 4) is 0 Å². The molecule has 3 rings (SSSR count). The first-order chi connectivity index (χ1) is 14.2. The van der Waals surface area contributed by atoms with Crippen LogP contribution in [0, 0.1) is 0 Å². The van der Waals surface area contributed by atoms with Crippen molar-refractivity contribution in [1.82, 2.24) is 14.9 Å². The van der Waals surface area contributed by atoms with Crippen LogP contribution < -0.4 is 10.9 Å². The summed E-state index contributed by atoms with van der Waals surface area (Å²) in [6.45, 7) is 4.15. The number of ether oxygens (including phenoxy) is 1. The molecule has 0 aliphatic heterocycles. The van der Waals surface area contributed by atoms with Gasteiger partial charge in [0.1, 0.15) is 0 Å². The molecular formula is C22H25N3O3S. The number of hydrogen-bond acceptors (Lipinski definition) is 5. The molecule has 152 valence electrons. The van der Waals surface area contributed by atoms with Crippen molar-refractivity contribution in [2.45, 2.75) is 31.6 Å². The summed E-state index contributed by atoms with van der Waals surface area (Å²) in [5, 5.41) is 4.05. The largest absolute Gasteiger partial charge is 0.382 e. The maximum absolute atomic E-state index is 12.9. The second kappa shape index (κ2) is 10.8. The average Bonchev–Trinajstić information content (AvgIpc) is 2.76. The maximum Gasteiger partial charge on any atom is 0.262 e. The Kier molecular flexibility index (Phi) is 7.84. The van der Waals surface area contributed by atoms with Crippen molar-refractivity contribution in [3.05, 3.63) is 70.5 Å². The SMILES string of the molecule is CCOCCCn1c(SCC(=O)NCc2ccccc2)nc2ccccc2c1=O. The van der Waals surface area contributed by atoms with Crippen LogP contribution >= 0.6 is 11.8 Å². The number of amides is 1. The zero-order chi connectivity index (χ0) is 20.5. The van der Waals surface area contributed by atoms with Crippen molar-refractivity contribution < 1.29 is 9.53 Å². The highest BCUT2D eigenvalue weighted by Gasteiger charge is 2.13. The van der Waals surface area contributed by atoms with Crippen LogP contribution in [0.2, 0.25) is 0 Å². The van der Waals surface area contributed by atoms with Crippen LogP contribution in [0.5, 0.6) is 0 Å². The first-order valence-electron chi connectivity index (χ1n) is 9.69. The molecule has 2 aromatic carbocycles. The fourth-order valence-electron chi connectivity index (χ4n) is 2.90. The lowest BCUT2D eigenvalue weighted by atomic mass is 10.2. The molecule has 1 amide bonds. The number of nitrogens with zero attached hydrogens (tertiary/aromatic N) is 2. The fourth-order valence-corrected chi connectivity index (χ4v) is 3.76. The molecule has 0 saturated carbocycles. The van der Waals surface area contributed by atoms with Crippen molar-refractivity contribution >= 4 is 28.6 Å². The lowest BCUT2D eigenvalue weighted by Crippen LogP contribution is -2.27. The van der Waals surface area contributed by atoms with E-state index in [4.69, 9.17) is 4.74 Å². The van der Waals surface area contributed by atoms with Gasteiger partial charge >= 0.3 is 0 Å². The van der Waals surface area contributed by atoms with Crippen LogP contribution in [0.15, 0.2) is 64.5 Å². The van der Waals surface area contributed by atoms with Crippen LogP contribution in [0.4, 0.5) is 0 Å². The van der Waals surface area contributed by atoms with Gasteiger partial charge in [0.25, 0.3) is 5.56 Å². The number of nitrogens with one attached hydrogen (secondary N) is 1. The molecule has 0 fully saturated rings. The molecule has 0 atom stereocenters. The highest BCUT2D eigenvalue weighted by atomic mass is 32.2. The first-order valence-corrected chi connectivity index (χ1v) is 10.7. The van der Waals surface area contributed by atoms with Crippen molar-refractivity contribution in [1.29, 1.82) is 0 Å². The molecule has 3 aromatic rings. The van der Waals surface area contributed by atoms with E-state index < -0.39 is 0 Å². The minimum absolute atomic E-state index is 0.0840. The van der Waals surface area contributed by atoms with E-state index in [0.717, 1.165) is 5.56 Å². The maximum atomic E-state index is 12.9. The predicted octanol–water partition coefficient (Wildman–Crippen LogP) is 3.23. The summed E-state index contributed by atoms with van der Waals surface area (Å²) in [6, 6.07) is 17.0. The zero-order valence-electron chi connectivity index (χ0n) is 16.5. The van der Waals surface area contributed by atoms with Crippen LogP contribution in [-0.4, -0.2) is 34.4 Å². The molecule has 0 bridgehead atoms. The van der Waals surface area contributed by atoms with Gasteiger partial charge in [-0.1, -0.05) is 54.2 Å². The van der Waals surface area contributed by atoms with Gasteiger partial charge in [-0.15, -0.1) is 0 Å². The van der Waals surface area contributed by atoms with Crippen LogP contribution in [-0.2, 0) is 22.6 Å². The molecule has 0 aliphatic rings. The van der Waals surface area contributed by atoms with E-state index in [-0.39, 0.29) is 17.2 Å². The smallest absolute Gasteiger partial charge is 0.262 e. The number of hydrogen-bond donors (Lipinski definition) is 1. The normalized spacial score (nSPS) is 10.9. The summed E-state index contributed by atoms with van der Waals surface area (Å²) >= 11 is 1.28. The number of benzene rings is 2. The molecule has 1 heterocycles. The van der Waals surface area contributed by atoms with E-state index in [2.05, 4.69) is 10.3 Å². The summed E-state index contributed by atoms with van der Waals surface area (Å²) in [7, 11) is 0. The number of para-hydroxylation sites is 1. The number of thioether (sulfide) groups is 1. The number of rotatable bonds is 10. The van der Waals surface area contributed by atoms with Gasteiger partial charge in [-0.2, -0.15) is 0 Å². The van der Waals surface area contributed by atoms with Gasteiger partial charge in [0.15, 0.2) is 5.16 Å². The summed E-state index contributed by atoms with van der Waals surface area (Å²) in [6.07, 6.45) is 0.710. The van der Waals surface area contributed by atoms with Gasteiger partial charge in [-0.05, 0) is 31.0 Å². The fraction of sp³-hybridized carbons (Fsp3) is 0.318. The van der Waals surface area contributed by atoms with E-state index >= 15 is 0 Å². The monoisotopic (exact) mass is 411 g/mol. The third-order valence-electron chi connectivity index (χ3n) is 4.37. The topological polar surface area (TPSA) is 73.2 Å². The van der Waals surface area contributed by atoms with E-state index in [1.165, 1.54) is 11.8 Å². The van der Waals surface area contributed by atoms with E-state index in [9.17, 15) is 9.59 Å². The predicted molar refractivity (Wildman–Crippen MR) is 116 cm³/mol. The summed E-state index contributed by atoms with van der Waals surface area (Å²) in [4.78, 5) is 29.8. The van der Waals surface area contributed by atoms with Gasteiger partial charge < -0.3 is 10.1 Å². The Morgan fingerprint density at radius 3 is 2.69 bits per heavy atom. The van der Waals surface area contributed by atoms with Crippen molar-refractivity contribution in [2.24, 2.45) is 0 Å². The molecule has 29 heavy (non-hydrogen) atoms. The Morgan fingerprint density at radius 1 is 1.14 bits per heavy atom. The Labute approximate surface area is 174 Å². The second-order valence-electron chi connectivity index (χ2n) is 6.47. The average molecular weight is 412 g/mol. The lowest BCUT2D eigenvalue weighted by molar-refractivity contribution is -0.118. The highest BCUT2D eigenvalue weighted by molar-refractivity contribution is 7.99. The lowest BCUT2D eigenvalue weighted by Gasteiger charge is -2.13. The second-order valence-corrected chi connectivity index (χ2v) is 7.41. The van der Waals surface area contributed by atoms with E-state index in [1.807, 2.05) is 55.5 Å². The van der Waals surface area contributed by atoms with Gasteiger partial charge in [0.05, 0.1) is 16.7 Å². The standard InChI is InChI=1S/C22H25N3O3S/c1-2-28-14-8-13-25-21(27)18-11-6-7-12-19(18)24-22(25)29-16-20(26)23-15-17-9-4-3-5-10-17/h3-7,9-12H,2,8,13-16H2,1H3,(H,23,26). The third-order valence-corrected chi connectivity index (χ3v) is 5.34. The highest BCUT2D eigenvalue weighted by Crippen LogP contribution is 2.18. The first kappa shape index (κ1) is 21.1. The van der Waals surface area contributed by atoms with Crippen LogP contribution in [0.3, 0.4) is 0 Å². The van der Waals surface area contributed by atoms with Gasteiger partial charge in [0, 0.05) is 26.3 Å². The molecule has 0 saturated heterocycles. The molecule has 0 aliphatic carbocycles. The Bertz CT molecular complexity index is 1010. The molecule has 6 nitrogen and oxygen atoms in total. The number of carbonyl (C=O) groups is 1. The van der Waals surface area contributed by atoms with E-state index in [0.29, 0.717) is 48.8 Å². The summed E-state index contributed by atoms with van der Waals surface area (Å²) < 4.78 is 7.04. The molecule has 1 N–H and O–H groups in total. The molecule has 7 heteroatoms. The minimum atomic E-state index is -0.0953. The Hall–Kier alpha value is -2.64. The quantitative estimate of drug-likeness (QED) is 0.315. The molecule has 1 aromatic heterocycles. The van der Waals surface area contributed by atoms with Gasteiger partial charge in [0.2, 0.25) is 5.91 Å². The van der Waals surface area contributed by atoms with Crippen molar-refractivity contribution in [2.75, 3.05) is 19.0 Å².